The fourth-order valence-electron chi connectivity index (χ4n) is 3.65. The molecule has 0 amide bonds. The first kappa shape index (κ1) is 18.2. The molecule has 2 aliphatic rings. The molecule has 0 saturated carbocycles. The van der Waals surface area contributed by atoms with Gasteiger partial charge in [0.05, 0.1) is 12.3 Å². The first-order valence-electron chi connectivity index (χ1n) is 9.89. The lowest BCUT2D eigenvalue weighted by molar-refractivity contribution is 0.464. The van der Waals surface area contributed by atoms with Crippen LogP contribution in [0.4, 0.5) is 0 Å². The zero-order chi connectivity index (χ0) is 15.3. The van der Waals surface area contributed by atoms with Gasteiger partial charge in [0.25, 0.3) is 0 Å². The first-order valence-corrected chi connectivity index (χ1v) is 9.89. The van der Waals surface area contributed by atoms with E-state index in [1.54, 1.807) is 0 Å². The molecule has 0 spiro atoms. The monoisotopic (exact) mass is 310 g/mol. The Balaban J connectivity index is 1.23. The van der Waals surface area contributed by atoms with Gasteiger partial charge in [-0.15, -0.1) is 0 Å². The summed E-state index contributed by atoms with van der Waals surface area (Å²) < 4.78 is 0. The second-order valence-corrected chi connectivity index (χ2v) is 7.03. The van der Waals surface area contributed by atoms with Crippen LogP contribution >= 0.6 is 0 Å². The van der Waals surface area contributed by atoms with E-state index in [4.69, 9.17) is 0 Å². The highest BCUT2D eigenvalue weighted by Crippen LogP contribution is 2.13. The summed E-state index contributed by atoms with van der Waals surface area (Å²) in [6, 6.07) is 0. The second-order valence-electron chi connectivity index (χ2n) is 7.03. The van der Waals surface area contributed by atoms with Crippen LogP contribution in [0, 0.1) is 0 Å². The lowest BCUT2D eigenvalue weighted by Crippen LogP contribution is -2.30. The van der Waals surface area contributed by atoms with Crippen molar-refractivity contribution in [2.75, 3.05) is 26.2 Å². The van der Waals surface area contributed by atoms with Gasteiger partial charge in [-0.2, -0.15) is 0 Å². The van der Waals surface area contributed by atoms with E-state index >= 15 is 0 Å². The van der Waals surface area contributed by atoms with Gasteiger partial charge in [-0.05, 0) is 12.8 Å². The van der Waals surface area contributed by atoms with Crippen molar-refractivity contribution >= 4 is 0 Å². The van der Waals surface area contributed by atoms with E-state index in [9.17, 15) is 0 Å². The summed E-state index contributed by atoms with van der Waals surface area (Å²) in [4.78, 5) is 0. The van der Waals surface area contributed by atoms with Crippen molar-refractivity contribution < 1.29 is 0 Å². The van der Waals surface area contributed by atoms with Gasteiger partial charge in [-0.1, -0.05) is 64.2 Å². The van der Waals surface area contributed by atoms with Crippen molar-refractivity contribution in [1.82, 2.24) is 21.3 Å². The van der Waals surface area contributed by atoms with E-state index in [0.29, 0.717) is 12.3 Å². The Labute approximate surface area is 137 Å². The number of unbranched alkanes of at least 4 members (excludes halogenated alkanes) is 9. The highest BCUT2D eigenvalue weighted by molar-refractivity contribution is 4.72. The van der Waals surface area contributed by atoms with Gasteiger partial charge in [-0.25, -0.2) is 0 Å². The molecule has 2 heterocycles. The number of rotatable bonds is 13. The van der Waals surface area contributed by atoms with Crippen LogP contribution in [-0.4, -0.2) is 38.5 Å². The topological polar surface area (TPSA) is 48.1 Å². The Morgan fingerprint density at radius 2 is 0.682 bits per heavy atom. The summed E-state index contributed by atoms with van der Waals surface area (Å²) in [5, 5.41) is 14.0. The van der Waals surface area contributed by atoms with Gasteiger partial charge in [0, 0.05) is 26.2 Å². The van der Waals surface area contributed by atoms with Gasteiger partial charge in [0.2, 0.25) is 0 Å². The van der Waals surface area contributed by atoms with Crippen molar-refractivity contribution in [3.8, 4) is 0 Å². The van der Waals surface area contributed by atoms with Crippen molar-refractivity contribution in [3.05, 3.63) is 0 Å². The van der Waals surface area contributed by atoms with E-state index in [1.807, 2.05) is 0 Å². The quantitative estimate of drug-likeness (QED) is 0.395. The molecule has 4 N–H and O–H groups in total. The largest absolute Gasteiger partial charge is 0.301 e. The van der Waals surface area contributed by atoms with Gasteiger partial charge in [0.15, 0.2) is 0 Å². The molecule has 2 saturated heterocycles. The summed E-state index contributed by atoms with van der Waals surface area (Å²) in [5.41, 5.74) is 0. The molecule has 0 unspecified atom stereocenters. The Morgan fingerprint density at radius 3 is 1.00 bits per heavy atom. The lowest BCUT2D eigenvalue weighted by Gasteiger charge is -2.10. The predicted molar refractivity (Wildman–Crippen MR) is 95.0 cm³/mol. The van der Waals surface area contributed by atoms with Crippen molar-refractivity contribution in [2.24, 2.45) is 0 Å². The minimum atomic E-state index is 0.606. The fraction of sp³-hybridized carbons (Fsp3) is 1.00. The Bertz CT molecular complexity index is 221. The highest BCUT2D eigenvalue weighted by atomic mass is 15.2. The maximum atomic E-state index is 3.49. The zero-order valence-corrected chi connectivity index (χ0v) is 14.5. The summed E-state index contributed by atoms with van der Waals surface area (Å²) in [7, 11) is 0. The normalized spacial score (nSPS) is 20.2. The lowest BCUT2D eigenvalue weighted by atomic mass is 10.0. The number of hydrogen-bond donors (Lipinski definition) is 4. The van der Waals surface area contributed by atoms with Crippen molar-refractivity contribution in [1.29, 1.82) is 0 Å². The van der Waals surface area contributed by atoms with Crippen LogP contribution in [0.1, 0.15) is 77.0 Å². The Kier molecular flexibility index (Phi) is 10.2. The zero-order valence-electron chi connectivity index (χ0n) is 14.5. The standard InChI is InChI=1S/C18H38N4/c1(3-5-7-9-11-17-19-13-14-20-17)2-4-6-8-10-12-18-21-15-16-22-18/h17-22H,1-16H2. The van der Waals surface area contributed by atoms with Crippen LogP contribution in [0.25, 0.3) is 0 Å². The molecule has 2 aliphatic heterocycles. The van der Waals surface area contributed by atoms with Crippen LogP contribution in [0.5, 0.6) is 0 Å². The minimum absolute atomic E-state index is 0.606. The molecule has 0 aromatic heterocycles. The van der Waals surface area contributed by atoms with Crippen LogP contribution in [0.3, 0.4) is 0 Å². The maximum absolute atomic E-state index is 3.49. The molecular formula is C18H38N4. The fourth-order valence-corrected chi connectivity index (χ4v) is 3.65. The molecule has 2 rings (SSSR count). The molecule has 0 aliphatic carbocycles. The van der Waals surface area contributed by atoms with Crippen LogP contribution < -0.4 is 21.3 Å². The number of nitrogens with one attached hydrogen (secondary N) is 4. The maximum Gasteiger partial charge on any atom is 0.0572 e. The Hall–Kier alpha value is -0.160. The molecule has 0 radical (unpaired) electrons. The molecule has 0 aromatic carbocycles. The van der Waals surface area contributed by atoms with E-state index in [-0.39, 0.29) is 0 Å². The molecule has 4 nitrogen and oxygen atoms in total. The second kappa shape index (κ2) is 12.3. The molecule has 2 fully saturated rings. The molecule has 0 aromatic rings. The van der Waals surface area contributed by atoms with Crippen molar-refractivity contribution in [3.63, 3.8) is 0 Å². The first-order chi connectivity index (χ1) is 10.9. The predicted octanol–water partition coefficient (Wildman–Crippen LogP) is 2.71. The number of hydrogen-bond acceptors (Lipinski definition) is 4. The molecular weight excluding hydrogens is 272 g/mol. The average molecular weight is 311 g/mol. The van der Waals surface area contributed by atoms with Gasteiger partial charge >= 0.3 is 0 Å². The minimum Gasteiger partial charge on any atom is -0.301 e. The third-order valence-corrected chi connectivity index (χ3v) is 5.05. The van der Waals surface area contributed by atoms with Crippen LogP contribution in [-0.2, 0) is 0 Å². The van der Waals surface area contributed by atoms with Crippen LogP contribution in [0.2, 0.25) is 0 Å². The SMILES string of the molecule is C(CCCCCCC1NCCN1)CCCCCC1NCCN1. The van der Waals surface area contributed by atoms with Gasteiger partial charge in [0.1, 0.15) is 0 Å². The smallest absolute Gasteiger partial charge is 0.0572 e. The van der Waals surface area contributed by atoms with E-state index < -0.39 is 0 Å². The van der Waals surface area contributed by atoms with Gasteiger partial charge in [-0.3, -0.25) is 0 Å². The molecule has 130 valence electrons. The summed E-state index contributed by atoms with van der Waals surface area (Å²) >= 11 is 0. The molecule has 0 bridgehead atoms. The third-order valence-electron chi connectivity index (χ3n) is 5.05. The van der Waals surface area contributed by atoms with E-state index in [2.05, 4.69) is 21.3 Å². The Morgan fingerprint density at radius 1 is 0.409 bits per heavy atom. The summed E-state index contributed by atoms with van der Waals surface area (Å²) in [5.74, 6) is 0. The van der Waals surface area contributed by atoms with E-state index in [0.717, 1.165) is 26.2 Å². The van der Waals surface area contributed by atoms with Gasteiger partial charge < -0.3 is 21.3 Å². The highest BCUT2D eigenvalue weighted by Gasteiger charge is 2.12. The van der Waals surface area contributed by atoms with Crippen LogP contribution in [0.15, 0.2) is 0 Å². The molecule has 4 heteroatoms. The van der Waals surface area contributed by atoms with Crippen molar-refractivity contribution in [2.45, 2.75) is 89.4 Å². The molecule has 22 heavy (non-hydrogen) atoms. The van der Waals surface area contributed by atoms with E-state index in [1.165, 1.54) is 77.0 Å². The summed E-state index contributed by atoms with van der Waals surface area (Å²) in [6.45, 7) is 4.60. The third kappa shape index (κ3) is 8.47. The summed E-state index contributed by atoms with van der Waals surface area (Å²) in [6.07, 6.45) is 18.1. The average Bonchev–Trinajstić information content (AvgIpc) is 3.21. The molecule has 0 atom stereocenters.